The van der Waals surface area contributed by atoms with Gasteiger partial charge in [-0.05, 0) is 6.92 Å². The summed E-state index contributed by atoms with van der Waals surface area (Å²) < 4.78 is 9.76. The fourth-order valence-corrected chi connectivity index (χ4v) is 0.908. The minimum atomic E-state index is 0.0986. The molecule has 0 spiro atoms. The molecular formula is C8H9N3O3. The Morgan fingerprint density at radius 3 is 2.50 bits per heavy atom. The normalized spacial score (nSPS) is 9.07. The van der Waals surface area contributed by atoms with Crippen LogP contribution in [-0.4, -0.2) is 30.3 Å². The second kappa shape index (κ2) is 4.34. The zero-order valence-electron chi connectivity index (χ0n) is 8.07. The first-order valence-electron chi connectivity index (χ1n) is 3.77. The Hall–Kier alpha value is -1.94. The van der Waals surface area contributed by atoms with Crippen LogP contribution in [0.2, 0.25) is 0 Å². The van der Waals surface area contributed by atoms with Crippen LogP contribution in [0.15, 0.2) is 4.99 Å². The van der Waals surface area contributed by atoms with Crippen molar-refractivity contribution in [3.63, 3.8) is 0 Å². The molecule has 0 bridgehead atoms. The van der Waals surface area contributed by atoms with Crippen LogP contribution >= 0.6 is 0 Å². The number of hydrogen-bond donors (Lipinski definition) is 0. The summed E-state index contributed by atoms with van der Waals surface area (Å²) in [5.41, 5.74) is 0.566. The molecule has 0 aliphatic rings. The predicted molar refractivity (Wildman–Crippen MR) is 47.7 cm³/mol. The lowest BCUT2D eigenvalue weighted by Gasteiger charge is -2.06. The number of aliphatic imine (C=N–C) groups is 1. The maximum absolute atomic E-state index is 10.1. The molecule has 1 rings (SSSR count). The van der Waals surface area contributed by atoms with Gasteiger partial charge in [0.1, 0.15) is 0 Å². The summed E-state index contributed by atoms with van der Waals surface area (Å²) in [5.74, 6) is 0.523. The van der Waals surface area contributed by atoms with E-state index in [9.17, 15) is 4.79 Å². The number of carbonyl (C=O) groups excluding carboxylic acids is 1. The molecule has 6 heteroatoms. The number of ether oxygens (including phenoxy) is 2. The van der Waals surface area contributed by atoms with Crippen LogP contribution in [0.1, 0.15) is 5.56 Å². The molecule has 0 atom stereocenters. The van der Waals surface area contributed by atoms with E-state index in [0.717, 1.165) is 0 Å². The molecule has 0 aromatic carbocycles. The van der Waals surface area contributed by atoms with Crippen LogP contribution in [-0.2, 0) is 4.79 Å². The molecule has 0 saturated heterocycles. The Kier molecular flexibility index (Phi) is 3.14. The van der Waals surface area contributed by atoms with Crippen LogP contribution in [0, 0.1) is 6.92 Å². The fourth-order valence-electron chi connectivity index (χ4n) is 0.908. The zero-order chi connectivity index (χ0) is 10.6. The monoisotopic (exact) mass is 195 g/mol. The van der Waals surface area contributed by atoms with Crippen molar-refractivity contribution in [1.29, 1.82) is 0 Å². The number of isocyanates is 1. The summed E-state index contributed by atoms with van der Waals surface area (Å²) in [5, 5.41) is 0. The average molecular weight is 195 g/mol. The summed E-state index contributed by atoms with van der Waals surface area (Å²) in [4.78, 5) is 21.3. The molecule has 1 aromatic heterocycles. The zero-order valence-corrected chi connectivity index (χ0v) is 8.07. The van der Waals surface area contributed by atoms with Crippen molar-refractivity contribution >= 4 is 11.9 Å². The molecule has 1 aromatic rings. The summed E-state index contributed by atoms with van der Waals surface area (Å²) in [7, 11) is 2.88. The molecule has 0 radical (unpaired) electrons. The molecule has 0 saturated carbocycles. The molecule has 0 aliphatic heterocycles. The van der Waals surface area contributed by atoms with E-state index in [0.29, 0.717) is 11.4 Å². The van der Waals surface area contributed by atoms with E-state index < -0.39 is 0 Å². The lowest BCUT2D eigenvalue weighted by molar-refractivity contribution is 0.350. The number of rotatable bonds is 3. The van der Waals surface area contributed by atoms with Gasteiger partial charge in [0, 0.05) is 0 Å². The fraction of sp³-hybridized carbons (Fsp3) is 0.375. The summed E-state index contributed by atoms with van der Waals surface area (Å²) in [6.07, 6.45) is 1.40. The van der Waals surface area contributed by atoms with Crippen molar-refractivity contribution in [2.45, 2.75) is 6.92 Å². The van der Waals surface area contributed by atoms with Crippen molar-refractivity contribution in [1.82, 2.24) is 9.97 Å². The van der Waals surface area contributed by atoms with E-state index in [2.05, 4.69) is 15.0 Å². The first kappa shape index (κ1) is 10.1. The lowest BCUT2D eigenvalue weighted by atomic mass is 10.3. The number of methoxy groups -OCH3 is 2. The second-order valence-electron chi connectivity index (χ2n) is 2.37. The Bertz CT molecular complexity index is 386. The van der Waals surface area contributed by atoms with Crippen molar-refractivity contribution < 1.29 is 14.3 Å². The Morgan fingerprint density at radius 1 is 1.29 bits per heavy atom. The quantitative estimate of drug-likeness (QED) is 0.526. The maximum Gasteiger partial charge on any atom is 0.321 e. The van der Waals surface area contributed by atoms with Gasteiger partial charge in [-0.3, -0.25) is 0 Å². The van der Waals surface area contributed by atoms with Gasteiger partial charge in [0.15, 0.2) is 5.82 Å². The second-order valence-corrected chi connectivity index (χ2v) is 2.37. The number of nitrogens with zero attached hydrogens (tertiary/aromatic N) is 3. The topological polar surface area (TPSA) is 73.7 Å². The Morgan fingerprint density at radius 2 is 2.00 bits per heavy atom. The molecule has 74 valence electrons. The van der Waals surface area contributed by atoms with Gasteiger partial charge < -0.3 is 9.47 Å². The van der Waals surface area contributed by atoms with Gasteiger partial charge in [-0.2, -0.15) is 9.97 Å². The third-order valence-corrected chi connectivity index (χ3v) is 1.58. The summed E-state index contributed by atoms with van der Waals surface area (Å²) in [6.45, 7) is 1.69. The van der Waals surface area contributed by atoms with E-state index in [1.165, 1.54) is 20.3 Å². The summed E-state index contributed by atoms with van der Waals surface area (Å²) >= 11 is 0. The first-order valence-corrected chi connectivity index (χ1v) is 3.77. The van der Waals surface area contributed by atoms with Gasteiger partial charge in [0.05, 0.1) is 19.8 Å². The highest BCUT2D eigenvalue weighted by Gasteiger charge is 2.10. The smallest absolute Gasteiger partial charge is 0.321 e. The van der Waals surface area contributed by atoms with Crippen LogP contribution < -0.4 is 9.47 Å². The standard InChI is InChI=1S/C8H9N3O3/c1-5-6(9-4-12)10-8(14-3)11-7(5)13-2/h1-3H3. The largest absolute Gasteiger partial charge is 0.481 e. The molecular weight excluding hydrogens is 186 g/mol. The van der Waals surface area contributed by atoms with E-state index in [1.54, 1.807) is 6.92 Å². The highest BCUT2D eigenvalue weighted by atomic mass is 16.5. The highest BCUT2D eigenvalue weighted by molar-refractivity contribution is 5.51. The van der Waals surface area contributed by atoms with E-state index >= 15 is 0 Å². The van der Waals surface area contributed by atoms with Gasteiger partial charge in [-0.1, -0.05) is 0 Å². The third kappa shape index (κ3) is 1.86. The SMILES string of the molecule is COc1nc(N=C=O)c(C)c(OC)n1. The van der Waals surface area contributed by atoms with E-state index in [-0.39, 0.29) is 11.8 Å². The summed E-state index contributed by atoms with van der Waals surface area (Å²) in [6, 6.07) is 0.0986. The Labute approximate surface area is 80.6 Å². The minimum absolute atomic E-state index is 0.0986. The van der Waals surface area contributed by atoms with Gasteiger partial charge in [0.25, 0.3) is 0 Å². The molecule has 0 N–H and O–H groups in total. The minimum Gasteiger partial charge on any atom is -0.481 e. The number of aromatic nitrogens is 2. The maximum atomic E-state index is 10.1. The van der Waals surface area contributed by atoms with Crippen molar-refractivity contribution in [2.24, 2.45) is 4.99 Å². The number of hydrogen-bond acceptors (Lipinski definition) is 6. The molecule has 0 aliphatic carbocycles. The van der Waals surface area contributed by atoms with Gasteiger partial charge in [-0.25, -0.2) is 4.79 Å². The van der Waals surface area contributed by atoms with Crippen molar-refractivity contribution in [3.05, 3.63) is 5.56 Å². The van der Waals surface area contributed by atoms with Crippen LogP contribution in [0.4, 0.5) is 5.82 Å². The van der Waals surface area contributed by atoms with E-state index in [4.69, 9.17) is 9.47 Å². The van der Waals surface area contributed by atoms with Crippen molar-refractivity contribution in [2.75, 3.05) is 14.2 Å². The molecule has 0 unspecified atom stereocenters. The van der Waals surface area contributed by atoms with Crippen LogP contribution in [0.3, 0.4) is 0 Å². The van der Waals surface area contributed by atoms with Crippen LogP contribution in [0.25, 0.3) is 0 Å². The lowest BCUT2D eigenvalue weighted by Crippen LogP contribution is -1.98. The molecule has 0 fully saturated rings. The molecule has 1 heterocycles. The van der Waals surface area contributed by atoms with Gasteiger partial charge in [0.2, 0.25) is 12.0 Å². The van der Waals surface area contributed by atoms with Gasteiger partial charge in [-0.15, -0.1) is 4.99 Å². The molecule has 6 nitrogen and oxygen atoms in total. The van der Waals surface area contributed by atoms with Crippen molar-refractivity contribution in [3.8, 4) is 11.9 Å². The molecule has 0 amide bonds. The van der Waals surface area contributed by atoms with Crippen LogP contribution in [0.5, 0.6) is 11.9 Å². The average Bonchev–Trinajstić information content (AvgIpc) is 2.21. The van der Waals surface area contributed by atoms with E-state index in [1.807, 2.05) is 0 Å². The predicted octanol–water partition coefficient (Wildman–Crippen LogP) is 0.770. The first-order chi connectivity index (χ1) is 6.72. The van der Waals surface area contributed by atoms with Gasteiger partial charge >= 0.3 is 6.01 Å². The molecule has 14 heavy (non-hydrogen) atoms. The highest BCUT2D eigenvalue weighted by Crippen LogP contribution is 2.25. The third-order valence-electron chi connectivity index (χ3n) is 1.58. The Balaban J connectivity index is 3.33.